The molecule has 5 heteroatoms. The van der Waals surface area contributed by atoms with E-state index in [1.165, 1.54) is 0 Å². The van der Waals surface area contributed by atoms with Crippen LogP contribution in [-0.2, 0) is 0 Å². The third-order valence-corrected chi connectivity index (χ3v) is 4.20. The Morgan fingerprint density at radius 2 is 2.09 bits per heavy atom. The first-order valence-corrected chi connectivity index (χ1v) is 7.71. The number of fused-ring (bicyclic) bond motifs is 1. The zero-order valence-electron chi connectivity index (χ0n) is 12.4. The van der Waals surface area contributed by atoms with Crippen LogP contribution in [0.25, 0.3) is 17.0 Å². The molecule has 112 valence electrons. The second-order valence-corrected chi connectivity index (χ2v) is 5.80. The molecule has 4 heterocycles. The van der Waals surface area contributed by atoms with Gasteiger partial charge in [-0.1, -0.05) is 12.1 Å². The Kier molecular flexibility index (Phi) is 3.27. The number of piperidine rings is 1. The number of hydrogen-bond acceptors (Lipinski definition) is 4. The van der Waals surface area contributed by atoms with Crippen molar-refractivity contribution in [2.24, 2.45) is 5.73 Å². The summed E-state index contributed by atoms with van der Waals surface area (Å²) in [4.78, 5) is 11.6. The van der Waals surface area contributed by atoms with E-state index in [9.17, 15) is 0 Å². The van der Waals surface area contributed by atoms with Gasteiger partial charge in [0.15, 0.2) is 0 Å². The average molecular weight is 293 g/mol. The van der Waals surface area contributed by atoms with E-state index in [1.54, 1.807) is 0 Å². The number of nitrogens with two attached hydrogens (primary N) is 1. The van der Waals surface area contributed by atoms with Crippen molar-refractivity contribution in [3.8, 4) is 11.4 Å². The van der Waals surface area contributed by atoms with Crippen LogP contribution in [0.3, 0.4) is 0 Å². The molecule has 1 fully saturated rings. The number of pyridine rings is 2. The summed E-state index contributed by atoms with van der Waals surface area (Å²) in [5.41, 5.74) is 8.97. The number of anilines is 1. The van der Waals surface area contributed by atoms with Gasteiger partial charge in [-0.25, -0.2) is 9.97 Å². The molecule has 1 atom stereocenters. The first kappa shape index (κ1) is 13.3. The maximum absolute atomic E-state index is 6.09. The molecule has 4 rings (SSSR count). The van der Waals surface area contributed by atoms with Crippen molar-refractivity contribution >= 4 is 11.5 Å². The second-order valence-electron chi connectivity index (χ2n) is 5.80. The Labute approximate surface area is 129 Å². The molecule has 1 aliphatic heterocycles. The van der Waals surface area contributed by atoms with Gasteiger partial charge >= 0.3 is 0 Å². The molecule has 0 spiro atoms. The van der Waals surface area contributed by atoms with Gasteiger partial charge in [-0.15, -0.1) is 0 Å². The lowest BCUT2D eigenvalue weighted by Gasteiger charge is -2.31. The van der Waals surface area contributed by atoms with Crippen LogP contribution in [0.4, 0.5) is 5.82 Å². The predicted octanol–water partition coefficient (Wildman–Crippen LogP) is 2.32. The van der Waals surface area contributed by atoms with Crippen molar-refractivity contribution in [3.63, 3.8) is 0 Å². The monoisotopic (exact) mass is 293 g/mol. The lowest BCUT2D eigenvalue weighted by Crippen LogP contribution is -2.43. The smallest absolute Gasteiger partial charge is 0.137 e. The average Bonchev–Trinajstić information content (AvgIpc) is 2.99. The Morgan fingerprint density at radius 1 is 1.14 bits per heavy atom. The van der Waals surface area contributed by atoms with Crippen molar-refractivity contribution in [3.05, 3.63) is 48.8 Å². The minimum atomic E-state index is 0.245. The number of aromatic nitrogens is 3. The molecule has 0 amide bonds. The molecule has 0 saturated carbocycles. The molecule has 3 aromatic rings. The first-order valence-electron chi connectivity index (χ1n) is 7.71. The standard InChI is InChI=1S/C17H19N5/c18-13-5-4-9-21(12-13)17-8-3-6-14(20-17)15-11-19-16-7-1-2-10-22(15)16/h1-3,6-8,10-11,13H,4-5,9,12,18H2. The SMILES string of the molecule is NC1CCCN(c2cccc(-c3cnc4ccccn34)n2)C1. The predicted molar refractivity (Wildman–Crippen MR) is 87.8 cm³/mol. The summed E-state index contributed by atoms with van der Waals surface area (Å²) in [7, 11) is 0. The highest BCUT2D eigenvalue weighted by atomic mass is 15.2. The van der Waals surface area contributed by atoms with Crippen LogP contribution in [0.15, 0.2) is 48.8 Å². The van der Waals surface area contributed by atoms with Gasteiger partial charge in [0, 0.05) is 25.3 Å². The van der Waals surface area contributed by atoms with Gasteiger partial charge in [0.1, 0.15) is 11.5 Å². The summed E-state index contributed by atoms with van der Waals surface area (Å²) < 4.78 is 2.06. The van der Waals surface area contributed by atoms with Crippen molar-refractivity contribution < 1.29 is 0 Å². The van der Waals surface area contributed by atoms with Gasteiger partial charge in [-0.05, 0) is 37.1 Å². The van der Waals surface area contributed by atoms with E-state index in [2.05, 4.69) is 26.4 Å². The zero-order chi connectivity index (χ0) is 14.9. The van der Waals surface area contributed by atoms with E-state index >= 15 is 0 Å². The van der Waals surface area contributed by atoms with E-state index in [0.29, 0.717) is 0 Å². The molecule has 5 nitrogen and oxygen atoms in total. The highest BCUT2D eigenvalue weighted by molar-refractivity contribution is 5.62. The maximum atomic E-state index is 6.09. The lowest BCUT2D eigenvalue weighted by atomic mass is 10.1. The highest BCUT2D eigenvalue weighted by Gasteiger charge is 2.18. The van der Waals surface area contributed by atoms with E-state index in [4.69, 9.17) is 10.7 Å². The third-order valence-electron chi connectivity index (χ3n) is 4.20. The van der Waals surface area contributed by atoms with Crippen LogP contribution in [0.5, 0.6) is 0 Å². The molecule has 1 saturated heterocycles. The van der Waals surface area contributed by atoms with Crippen LogP contribution in [0.2, 0.25) is 0 Å². The van der Waals surface area contributed by atoms with Gasteiger partial charge in [-0.2, -0.15) is 0 Å². The molecule has 22 heavy (non-hydrogen) atoms. The van der Waals surface area contributed by atoms with Crippen LogP contribution < -0.4 is 10.6 Å². The van der Waals surface area contributed by atoms with Crippen LogP contribution >= 0.6 is 0 Å². The topological polar surface area (TPSA) is 59.5 Å². The largest absolute Gasteiger partial charge is 0.355 e. The van der Waals surface area contributed by atoms with Crippen molar-refractivity contribution in [2.75, 3.05) is 18.0 Å². The third kappa shape index (κ3) is 2.33. The molecular formula is C17H19N5. The van der Waals surface area contributed by atoms with Crippen molar-refractivity contribution in [2.45, 2.75) is 18.9 Å². The summed E-state index contributed by atoms with van der Waals surface area (Å²) in [6.07, 6.45) is 6.12. The van der Waals surface area contributed by atoms with Crippen LogP contribution in [0.1, 0.15) is 12.8 Å². The van der Waals surface area contributed by atoms with E-state index < -0.39 is 0 Å². The highest BCUT2D eigenvalue weighted by Crippen LogP contribution is 2.23. The van der Waals surface area contributed by atoms with E-state index in [-0.39, 0.29) is 6.04 Å². The van der Waals surface area contributed by atoms with Gasteiger partial charge in [0.2, 0.25) is 0 Å². The number of nitrogens with zero attached hydrogens (tertiary/aromatic N) is 4. The molecule has 0 aliphatic carbocycles. The molecule has 1 aliphatic rings. The van der Waals surface area contributed by atoms with Gasteiger partial charge in [0.25, 0.3) is 0 Å². The quantitative estimate of drug-likeness (QED) is 0.788. The fourth-order valence-electron chi connectivity index (χ4n) is 3.08. The van der Waals surface area contributed by atoms with Crippen LogP contribution in [0, 0.1) is 0 Å². The number of hydrogen-bond donors (Lipinski definition) is 1. The van der Waals surface area contributed by atoms with Gasteiger partial charge in [-0.3, -0.25) is 4.40 Å². The first-order chi connectivity index (χ1) is 10.8. The summed E-state index contributed by atoms with van der Waals surface area (Å²) in [6.45, 7) is 1.90. The number of rotatable bonds is 2. The fourth-order valence-corrected chi connectivity index (χ4v) is 3.08. The molecule has 0 radical (unpaired) electrons. The Bertz CT molecular complexity index is 794. The van der Waals surface area contributed by atoms with E-state index in [0.717, 1.165) is 48.8 Å². The van der Waals surface area contributed by atoms with E-state index in [1.807, 2.05) is 36.7 Å². The summed E-state index contributed by atoms with van der Waals surface area (Å²) >= 11 is 0. The summed E-state index contributed by atoms with van der Waals surface area (Å²) in [5.74, 6) is 0.999. The number of imidazole rings is 1. The van der Waals surface area contributed by atoms with Gasteiger partial charge < -0.3 is 10.6 Å². The van der Waals surface area contributed by atoms with Gasteiger partial charge in [0.05, 0.1) is 17.6 Å². The minimum Gasteiger partial charge on any atom is -0.355 e. The fraction of sp³-hybridized carbons (Fsp3) is 0.294. The molecular weight excluding hydrogens is 274 g/mol. The molecule has 2 N–H and O–H groups in total. The molecule has 0 bridgehead atoms. The van der Waals surface area contributed by atoms with Crippen molar-refractivity contribution in [1.82, 2.24) is 14.4 Å². The Balaban J connectivity index is 1.72. The Morgan fingerprint density at radius 3 is 3.00 bits per heavy atom. The van der Waals surface area contributed by atoms with Crippen molar-refractivity contribution in [1.29, 1.82) is 0 Å². The maximum Gasteiger partial charge on any atom is 0.137 e. The molecule has 1 unspecified atom stereocenters. The molecule has 0 aromatic carbocycles. The molecule has 3 aromatic heterocycles. The normalized spacial score (nSPS) is 18.8. The minimum absolute atomic E-state index is 0.245. The lowest BCUT2D eigenvalue weighted by molar-refractivity contribution is 0.503. The Hall–Kier alpha value is -2.40. The van der Waals surface area contributed by atoms with Crippen LogP contribution in [-0.4, -0.2) is 33.5 Å². The summed E-state index contributed by atoms with van der Waals surface area (Å²) in [6, 6.07) is 12.4. The summed E-state index contributed by atoms with van der Waals surface area (Å²) in [5, 5.41) is 0. The zero-order valence-corrected chi connectivity index (χ0v) is 12.4. The second kappa shape index (κ2) is 5.42.